The Labute approximate surface area is 113 Å². The van der Waals surface area contributed by atoms with Crippen LogP contribution in [0.4, 0.5) is 0 Å². The first-order valence-electron chi connectivity index (χ1n) is 5.38. The molecule has 3 atom stereocenters. The number of halogens is 2. The van der Waals surface area contributed by atoms with Gasteiger partial charge in [-0.25, -0.2) is 0 Å². The van der Waals surface area contributed by atoms with Crippen molar-refractivity contribution in [3.63, 3.8) is 0 Å². The van der Waals surface area contributed by atoms with Gasteiger partial charge in [0.2, 0.25) is 0 Å². The first kappa shape index (κ1) is 12.4. The van der Waals surface area contributed by atoms with Gasteiger partial charge in [0, 0.05) is 22.3 Å². The van der Waals surface area contributed by atoms with Crippen molar-refractivity contribution in [1.29, 1.82) is 0 Å². The number of hydrogen-bond acceptors (Lipinski definition) is 2. The lowest BCUT2D eigenvalue weighted by Gasteiger charge is -2.40. The normalized spacial score (nSPS) is 28.6. The quantitative estimate of drug-likeness (QED) is 0.770. The highest BCUT2D eigenvalue weighted by molar-refractivity contribution is 9.10. The van der Waals surface area contributed by atoms with Gasteiger partial charge in [0.15, 0.2) is 0 Å². The summed E-state index contributed by atoms with van der Waals surface area (Å²) in [5, 5.41) is 0. The fourth-order valence-electron chi connectivity index (χ4n) is 1.73. The van der Waals surface area contributed by atoms with Gasteiger partial charge in [-0.1, -0.05) is 31.9 Å². The first-order valence-corrected chi connectivity index (χ1v) is 7.09. The van der Waals surface area contributed by atoms with Crippen LogP contribution in [-0.4, -0.2) is 23.6 Å². The molecule has 2 nitrogen and oxygen atoms in total. The van der Waals surface area contributed by atoms with E-state index in [2.05, 4.69) is 31.9 Å². The molecule has 2 rings (SSSR count). The zero-order valence-corrected chi connectivity index (χ0v) is 12.2. The Hall–Kier alpha value is -0.0600. The van der Waals surface area contributed by atoms with E-state index in [1.807, 2.05) is 31.2 Å². The number of rotatable bonds is 4. The Bertz CT molecular complexity index is 339. The van der Waals surface area contributed by atoms with E-state index in [4.69, 9.17) is 9.47 Å². The Morgan fingerprint density at radius 3 is 2.56 bits per heavy atom. The fraction of sp³-hybridized carbons (Fsp3) is 0.500. The van der Waals surface area contributed by atoms with Gasteiger partial charge >= 0.3 is 0 Å². The minimum absolute atomic E-state index is 0.172. The van der Waals surface area contributed by atoms with Gasteiger partial charge in [-0.05, 0) is 31.2 Å². The van der Waals surface area contributed by atoms with E-state index in [0.717, 1.165) is 23.2 Å². The highest BCUT2D eigenvalue weighted by Crippen LogP contribution is 2.34. The van der Waals surface area contributed by atoms with Crippen LogP contribution in [-0.2, 0) is 4.74 Å². The fourth-order valence-corrected chi connectivity index (χ4v) is 2.86. The first-order chi connectivity index (χ1) is 7.70. The summed E-state index contributed by atoms with van der Waals surface area (Å²) in [4.78, 5) is 0.424. The molecule has 1 saturated carbocycles. The summed E-state index contributed by atoms with van der Waals surface area (Å²) in [7, 11) is 0. The topological polar surface area (TPSA) is 18.5 Å². The summed E-state index contributed by atoms with van der Waals surface area (Å²) in [6.45, 7) is 2.74. The lowest BCUT2D eigenvalue weighted by Crippen LogP contribution is -2.52. The molecule has 0 radical (unpaired) electrons. The van der Waals surface area contributed by atoms with Crippen molar-refractivity contribution in [3.05, 3.63) is 28.7 Å². The van der Waals surface area contributed by atoms with E-state index < -0.39 is 0 Å². The number of alkyl halides is 1. The molecule has 0 N–H and O–H groups in total. The largest absolute Gasteiger partial charge is 0.488 e. The Morgan fingerprint density at radius 2 is 2.00 bits per heavy atom. The molecule has 0 heterocycles. The van der Waals surface area contributed by atoms with Crippen molar-refractivity contribution in [3.8, 4) is 5.75 Å². The smallest absolute Gasteiger partial charge is 0.127 e. The molecule has 0 aliphatic heterocycles. The van der Waals surface area contributed by atoms with Crippen molar-refractivity contribution in [2.45, 2.75) is 30.4 Å². The number of benzene rings is 1. The van der Waals surface area contributed by atoms with Gasteiger partial charge in [0.25, 0.3) is 0 Å². The maximum absolute atomic E-state index is 5.87. The number of hydrogen-bond donors (Lipinski definition) is 0. The summed E-state index contributed by atoms with van der Waals surface area (Å²) in [5.41, 5.74) is 0. The van der Waals surface area contributed by atoms with Gasteiger partial charge in [-0.3, -0.25) is 0 Å². The third kappa shape index (κ3) is 2.79. The van der Waals surface area contributed by atoms with Crippen LogP contribution in [0.5, 0.6) is 5.75 Å². The van der Waals surface area contributed by atoms with Gasteiger partial charge in [0.05, 0.1) is 0 Å². The van der Waals surface area contributed by atoms with Crippen molar-refractivity contribution in [2.24, 2.45) is 0 Å². The van der Waals surface area contributed by atoms with Gasteiger partial charge < -0.3 is 9.47 Å². The Morgan fingerprint density at radius 1 is 1.31 bits per heavy atom. The van der Waals surface area contributed by atoms with Crippen LogP contribution in [0.1, 0.15) is 13.3 Å². The highest BCUT2D eigenvalue weighted by atomic mass is 79.9. The molecule has 0 saturated heterocycles. The van der Waals surface area contributed by atoms with Crippen molar-refractivity contribution >= 4 is 31.9 Å². The maximum atomic E-state index is 5.87. The zero-order chi connectivity index (χ0) is 11.5. The van der Waals surface area contributed by atoms with E-state index in [9.17, 15) is 0 Å². The van der Waals surface area contributed by atoms with Crippen LogP contribution < -0.4 is 4.74 Å². The van der Waals surface area contributed by atoms with Crippen LogP contribution in [0.2, 0.25) is 0 Å². The molecule has 1 aliphatic rings. The van der Waals surface area contributed by atoms with Crippen LogP contribution in [0.25, 0.3) is 0 Å². The molecule has 1 fully saturated rings. The molecular formula is C12H14Br2O2. The number of ether oxygens (including phenoxy) is 2. The maximum Gasteiger partial charge on any atom is 0.127 e. The molecular weight excluding hydrogens is 336 g/mol. The van der Waals surface area contributed by atoms with Crippen molar-refractivity contribution < 1.29 is 9.47 Å². The predicted octanol–water partition coefficient (Wildman–Crippen LogP) is 3.77. The minimum Gasteiger partial charge on any atom is -0.488 e. The van der Waals surface area contributed by atoms with Crippen molar-refractivity contribution in [1.82, 2.24) is 0 Å². The lowest BCUT2D eigenvalue weighted by molar-refractivity contribution is -0.0723. The summed E-state index contributed by atoms with van der Waals surface area (Å²) >= 11 is 6.98. The second-order valence-electron chi connectivity index (χ2n) is 3.78. The van der Waals surface area contributed by atoms with E-state index in [1.54, 1.807) is 0 Å². The van der Waals surface area contributed by atoms with Crippen LogP contribution in [0, 0.1) is 0 Å². The van der Waals surface area contributed by atoms with E-state index in [0.29, 0.717) is 4.83 Å². The highest BCUT2D eigenvalue weighted by Gasteiger charge is 2.42. The summed E-state index contributed by atoms with van der Waals surface area (Å²) in [5.74, 6) is 0.900. The summed E-state index contributed by atoms with van der Waals surface area (Å²) < 4.78 is 12.5. The molecule has 1 aliphatic carbocycles. The zero-order valence-electron chi connectivity index (χ0n) is 9.03. The standard InChI is InChI=1S/C12H14Br2O2/c1-2-15-12-10(14)7-11(12)16-9-5-3-8(13)4-6-9/h3-6,10-12H,2,7H2,1H3. The van der Waals surface area contributed by atoms with Crippen molar-refractivity contribution in [2.75, 3.05) is 6.61 Å². The van der Waals surface area contributed by atoms with Gasteiger partial charge in [-0.15, -0.1) is 0 Å². The Kier molecular flexibility index (Phi) is 4.27. The molecule has 1 aromatic rings. The molecule has 0 aromatic heterocycles. The average molecular weight is 350 g/mol. The Balaban J connectivity index is 1.92. The molecule has 0 spiro atoms. The molecule has 88 valence electrons. The van der Waals surface area contributed by atoms with Gasteiger partial charge in [-0.2, -0.15) is 0 Å². The van der Waals surface area contributed by atoms with E-state index in [-0.39, 0.29) is 12.2 Å². The van der Waals surface area contributed by atoms with E-state index in [1.165, 1.54) is 0 Å². The summed E-state index contributed by atoms with van der Waals surface area (Å²) in [6, 6.07) is 7.90. The monoisotopic (exact) mass is 348 g/mol. The van der Waals surface area contributed by atoms with Crippen LogP contribution in [0.15, 0.2) is 28.7 Å². The lowest BCUT2D eigenvalue weighted by atomic mass is 9.91. The third-order valence-corrected chi connectivity index (χ3v) is 4.06. The molecule has 1 aromatic carbocycles. The average Bonchev–Trinajstić information content (AvgIpc) is 2.28. The molecule has 0 bridgehead atoms. The predicted molar refractivity (Wildman–Crippen MR) is 71.3 cm³/mol. The molecule has 4 heteroatoms. The molecule has 0 amide bonds. The van der Waals surface area contributed by atoms with Crippen LogP contribution >= 0.6 is 31.9 Å². The SMILES string of the molecule is CCOC1C(Br)CC1Oc1ccc(Br)cc1. The second kappa shape index (κ2) is 5.52. The molecule has 3 unspecified atom stereocenters. The second-order valence-corrected chi connectivity index (χ2v) is 5.87. The minimum atomic E-state index is 0.172. The van der Waals surface area contributed by atoms with Crippen LogP contribution in [0.3, 0.4) is 0 Å². The summed E-state index contributed by atoms with van der Waals surface area (Å²) in [6.07, 6.45) is 1.35. The molecule has 16 heavy (non-hydrogen) atoms. The van der Waals surface area contributed by atoms with E-state index >= 15 is 0 Å². The van der Waals surface area contributed by atoms with Gasteiger partial charge in [0.1, 0.15) is 18.0 Å². The third-order valence-electron chi connectivity index (χ3n) is 2.64.